The van der Waals surface area contributed by atoms with Gasteiger partial charge in [0.05, 0.1) is 13.2 Å². The Morgan fingerprint density at radius 3 is 2.20 bits per heavy atom. The molecule has 3 amide bonds. The van der Waals surface area contributed by atoms with Crippen LogP contribution in [0.2, 0.25) is 0 Å². The van der Waals surface area contributed by atoms with E-state index in [9.17, 15) is 34.2 Å². The van der Waals surface area contributed by atoms with Crippen molar-refractivity contribution in [3.63, 3.8) is 0 Å². The second-order valence-electron chi connectivity index (χ2n) is 11.1. The number of thioether (sulfide) groups is 1. The van der Waals surface area contributed by atoms with Crippen molar-refractivity contribution < 1.29 is 43.7 Å². The van der Waals surface area contributed by atoms with Gasteiger partial charge in [-0.15, -0.1) is 11.8 Å². The number of ether oxygens (including phenoxy) is 2. The Morgan fingerprint density at radius 2 is 1.64 bits per heavy atom. The van der Waals surface area contributed by atoms with Crippen molar-refractivity contribution in [2.45, 2.75) is 56.7 Å². The molecule has 2 aromatic carbocycles. The normalized spacial score (nSPS) is 18.2. The van der Waals surface area contributed by atoms with Crippen molar-refractivity contribution in [1.29, 1.82) is 0 Å². The zero-order valence-corrected chi connectivity index (χ0v) is 25.8. The van der Waals surface area contributed by atoms with Crippen LogP contribution in [-0.2, 0) is 28.7 Å². The number of rotatable bonds is 14. The average molecular weight is 640 g/mol. The number of aliphatic carboxylic acids is 1. The number of carbonyl (C=O) groups is 5. The number of benzene rings is 2. The van der Waals surface area contributed by atoms with Crippen LogP contribution in [0.3, 0.4) is 0 Å². The summed E-state index contributed by atoms with van der Waals surface area (Å²) >= 11 is 1.26. The van der Waals surface area contributed by atoms with Crippen molar-refractivity contribution in [3.8, 4) is 0 Å². The molecule has 1 fully saturated rings. The Labute approximate surface area is 265 Å². The molecule has 2 aliphatic heterocycles. The molecular weight excluding hydrogens is 602 g/mol. The van der Waals surface area contributed by atoms with E-state index in [1.54, 1.807) is 0 Å². The molecule has 3 atom stereocenters. The van der Waals surface area contributed by atoms with E-state index in [1.807, 2.05) is 74.5 Å². The number of aliphatic hydroxyl groups excluding tert-OH is 1. The fourth-order valence-electron chi connectivity index (χ4n) is 4.97. The number of alkyl carbamates (subject to hydrolysis) is 1. The highest BCUT2D eigenvalue weighted by molar-refractivity contribution is 8.00. The first-order valence-electron chi connectivity index (χ1n) is 14.6. The molecule has 2 aliphatic rings. The highest BCUT2D eigenvalue weighted by Gasteiger charge is 2.54. The topological polar surface area (TPSA) is 172 Å². The smallest absolute Gasteiger partial charge is 0.407 e. The molecule has 2 aromatic rings. The van der Waals surface area contributed by atoms with E-state index in [0.717, 1.165) is 16.0 Å². The fraction of sp³-hybridized carbons (Fsp3) is 0.406. The highest BCUT2D eigenvalue weighted by atomic mass is 32.2. The number of esters is 1. The monoisotopic (exact) mass is 639 g/mol. The first-order chi connectivity index (χ1) is 21.6. The molecular formula is C32H37N3O9S. The quantitative estimate of drug-likeness (QED) is 0.178. The fourth-order valence-corrected chi connectivity index (χ4v) is 6.31. The first kappa shape index (κ1) is 33.5. The van der Waals surface area contributed by atoms with Crippen LogP contribution in [0.25, 0.3) is 0 Å². The molecule has 2 unspecified atom stereocenters. The van der Waals surface area contributed by atoms with Crippen molar-refractivity contribution in [3.05, 3.63) is 83.1 Å². The zero-order chi connectivity index (χ0) is 32.5. The molecule has 0 radical (unpaired) electrons. The van der Waals surface area contributed by atoms with E-state index >= 15 is 0 Å². The molecule has 4 rings (SSSR count). The molecule has 13 heteroatoms. The van der Waals surface area contributed by atoms with E-state index in [-0.39, 0.29) is 48.8 Å². The van der Waals surface area contributed by atoms with Crippen molar-refractivity contribution in [2.75, 3.05) is 19.0 Å². The van der Waals surface area contributed by atoms with Crippen LogP contribution < -0.4 is 10.6 Å². The van der Waals surface area contributed by atoms with Crippen LogP contribution in [0.15, 0.2) is 71.9 Å². The first-order valence-corrected chi connectivity index (χ1v) is 15.7. The number of carboxylic acid groups (broad SMARTS) is 1. The van der Waals surface area contributed by atoms with Crippen molar-refractivity contribution >= 4 is 41.6 Å². The lowest BCUT2D eigenvalue weighted by Gasteiger charge is -2.49. The number of nitrogens with one attached hydrogen (secondary N) is 2. The maximum Gasteiger partial charge on any atom is 0.407 e. The lowest BCUT2D eigenvalue weighted by Crippen LogP contribution is -2.70. The Bertz CT molecular complexity index is 1380. The Kier molecular flexibility index (Phi) is 11.6. The van der Waals surface area contributed by atoms with E-state index in [4.69, 9.17) is 9.47 Å². The number of hydrogen-bond acceptors (Lipinski definition) is 9. The third-order valence-electron chi connectivity index (χ3n) is 7.22. The lowest BCUT2D eigenvalue weighted by molar-refractivity contribution is -0.151. The molecule has 0 spiro atoms. The number of nitrogens with zero attached hydrogens (tertiary/aromatic N) is 1. The van der Waals surface area contributed by atoms with Gasteiger partial charge in [-0.3, -0.25) is 14.5 Å². The second kappa shape index (κ2) is 15.6. The summed E-state index contributed by atoms with van der Waals surface area (Å²) in [4.78, 5) is 64.4. The van der Waals surface area contributed by atoms with Gasteiger partial charge in [0.2, 0.25) is 5.91 Å². The standard InChI is InChI=1S/C32H37N3O9S/c1-19(2)17-43-32(42)33-23(31(41)44-27(20-10-5-3-6-11-20)21-12-7-4-8-13-21)14-9-15-24(37)34-25-28(38)35-26(30(39)40)22(16-36)18-45-29(25)35/h3-8,10-13,19,23,25,27,29,36H,9,14-18H2,1-2H3,(H,33,42)(H,34,37)(H,39,40)/t23?,25?,29-/m0/s1. The molecule has 0 bridgehead atoms. The average Bonchev–Trinajstić information content (AvgIpc) is 3.04. The SMILES string of the molecule is CC(C)COC(=O)NC(CCCC(=O)NC1C(=O)N2C(C(=O)O)=C(CO)CS[C@@H]12)C(=O)OC(c1ccccc1)c1ccccc1. The van der Waals surface area contributed by atoms with Crippen LogP contribution in [0.4, 0.5) is 4.79 Å². The summed E-state index contributed by atoms with van der Waals surface area (Å²) < 4.78 is 11.2. The van der Waals surface area contributed by atoms with Crippen LogP contribution in [0.1, 0.15) is 50.3 Å². The van der Waals surface area contributed by atoms with Crippen LogP contribution in [-0.4, -0.2) is 81.4 Å². The van der Waals surface area contributed by atoms with Gasteiger partial charge >= 0.3 is 18.0 Å². The van der Waals surface area contributed by atoms with Crippen LogP contribution in [0, 0.1) is 5.92 Å². The van der Waals surface area contributed by atoms with Crippen molar-refractivity contribution in [2.24, 2.45) is 5.92 Å². The van der Waals surface area contributed by atoms with Gasteiger partial charge in [0.25, 0.3) is 5.91 Å². The van der Waals surface area contributed by atoms with Gasteiger partial charge in [-0.2, -0.15) is 0 Å². The van der Waals surface area contributed by atoms with E-state index in [1.165, 1.54) is 11.8 Å². The number of aliphatic hydroxyl groups is 1. The molecule has 0 aromatic heterocycles. The Balaban J connectivity index is 1.39. The predicted octanol–water partition coefficient (Wildman–Crippen LogP) is 2.97. The van der Waals surface area contributed by atoms with Gasteiger partial charge in [0.15, 0.2) is 6.10 Å². The van der Waals surface area contributed by atoms with E-state index in [2.05, 4.69) is 10.6 Å². The summed E-state index contributed by atoms with van der Waals surface area (Å²) in [6.45, 7) is 3.42. The summed E-state index contributed by atoms with van der Waals surface area (Å²) in [7, 11) is 0. The number of β-lactam (4-membered cyclic amide) rings is 1. The summed E-state index contributed by atoms with van der Waals surface area (Å²) in [5, 5.41) is 23.6. The largest absolute Gasteiger partial charge is 0.477 e. The molecule has 12 nitrogen and oxygen atoms in total. The van der Waals surface area contributed by atoms with Gasteiger partial charge in [-0.05, 0) is 35.5 Å². The molecule has 45 heavy (non-hydrogen) atoms. The Hall–Kier alpha value is -4.36. The van der Waals surface area contributed by atoms with Crippen LogP contribution >= 0.6 is 11.8 Å². The predicted molar refractivity (Wildman–Crippen MR) is 165 cm³/mol. The Morgan fingerprint density at radius 1 is 1.02 bits per heavy atom. The van der Waals surface area contributed by atoms with Gasteiger partial charge < -0.3 is 30.3 Å². The third-order valence-corrected chi connectivity index (χ3v) is 8.56. The third kappa shape index (κ3) is 8.43. The molecule has 4 N–H and O–H groups in total. The van der Waals surface area contributed by atoms with Gasteiger partial charge in [-0.1, -0.05) is 74.5 Å². The zero-order valence-electron chi connectivity index (χ0n) is 25.0. The maximum absolute atomic E-state index is 13.5. The van der Waals surface area contributed by atoms with Gasteiger partial charge in [0.1, 0.15) is 23.2 Å². The summed E-state index contributed by atoms with van der Waals surface area (Å²) in [5.41, 5.74) is 1.47. The molecule has 240 valence electrons. The highest BCUT2D eigenvalue weighted by Crippen LogP contribution is 2.40. The summed E-state index contributed by atoms with van der Waals surface area (Å²) in [6, 6.07) is 16.3. The minimum atomic E-state index is -1.32. The number of amides is 3. The van der Waals surface area contributed by atoms with Crippen molar-refractivity contribution in [1.82, 2.24) is 15.5 Å². The lowest BCUT2D eigenvalue weighted by atomic mass is 10.0. The molecule has 0 saturated carbocycles. The minimum absolute atomic E-state index is 0.0496. The molecule has 1 saturated heterocycles. The summed E-state index contributed by atoms with van der Waals surface area (Å²) in [6.07, 6.45) is -1.39. The van der Waals surface area contributed by atoms with Gasteiger partial charge in [-0.25, -0.2) is 14.4 Å². The second-order valence-corrected chi connectivity index (χ2v) is 12.2. The van der Waals surface area contributed by atoms with Crippen LogP contribution in [0.5, 0.6) is 0 Å². The molecule has 0 aliphatic carbocycles. The van der Waals surface area contributed by atoms with E-state index in [0.29, 0.717) is 0 Å². The number of hydrogen-bond donors (Lipinski definition) is 4. The van der Waals surface area contributed by atoms with E-state index < -0.39 is 60.0 Å². The number of carboxylic acids is 1. The molecule has 2 heterocycles. The minimum Gasteiger partial charge on any atom is -0.477 e. The number of carbonyl (C=O) groups excluding carboxylic acids is 4. The maximum atomic E-state index is 13.5. The van der Waals surface area contributed by atoms with Gasteiger partial charge in [0, 0.05) is 12.2 Å². The number of fused-ring (bicyclic) bond motifs is 1. The summed E-state index contributed by atoms with van der Waals surface area (Å²) in [5.74, 6) is -2.77.